The van der Waals surface area contributed by atoms with Crippen LogP contribution in [0.4, 0.5) is 0 Å². The number of benzene rings is 1. The van der Waals surface area contributed by atoms with Crippen molar-refractivity contribution in [3.63, 3.8) is 0 Å². The zero-order chi connectivity index (χ0) is 13.8. The van der Waals surface area contributed by atoms with Crippen molar-refractivity contribution in [1.82, 2.24) is 9.80 Å². The lowest BCUT2D eigenvalue weighted by molar-refractivity contribution is 0.1000. The second kappa shape index (κ2) is 6.04. The van der Waals surface area contributed by atoms with Crippen molar-refractivity contribution >= 4 is 5.84 Å². The van der Waals surface area contributed by atoms with Crippen LogP contribution in [0, 0.1) is 0 Å². The first-order valence-corrected chi connectivity index (χ1v) is 6.59. The number of piperazine rings is 1. The van der Waals surface area contributed by atoms with E-state index in [1.807, 2.05) is 24.3 Å². The predicted octanol–water partition coefficient (Wildman–Crippen LogP) is 0.917. The number of oxime groups is 1. The molecule has 19 heavy (non-hydrogen) atoms. The molecule has 5 heteroatoms. The van der Waals surface area contributed by atoms with E-state index in [1.54, 1.807) is 0 Å². The van der Waals surface area contributed by atoms with Gasteiger partial charge in [0.15, 0.2) is 5.84 Å². The van der Waals surface area contributed by atoms with Crippen molar-refractivity contribution in [3.05, 3.63) is 35.4 Å². The van der Waals surface area contributed by atoms with Gasteiger partial charge >= 0.3 is 0 Å². The summed E-state index contributed by atoms with van der Waals surface area (Å²) in [4.78, 5) is 4.85. The maximum atomic E-state index is 8.62. The topological polar surface area (TPSA) is 65.1 Å². The Bertz CT molecular complexity index is 443. The van der Waals surface area contributed by atoms with Crippen molar-refractivity contribution < 1.29 is 5.21 Å². The maximum Gasteiger partial charge on any atom is 0.170 e. The van der Waals surface area contributed by atoms with E-state index in [-0.39, 0.29) is 5.84 Å². The summed E-state index contributed by atoms with van der Waals surface area (Å²) in [5.74, 6) is 0.153. The van der Waals surface area contributed by atoms with Crippen LogP contribution in [0.15, 0.2) is 29.4 Å². The molecular weight excluding hydrogens is 240 g/mol. The predicted molar refractivity (Wildman–Crippen MR) is 76.3 cm³/mol. The van der Waals surface area contributed by atoms with Gasteiger partial charge in [-0.25, -0.2) is 0 Å². The third-order valence-electron chi connectivity index (χ3n) is 3.81. The Hall–Kier alpha value is -1.59. The van der Waals surface area contributed by atoms with E-state index in [9.17, 15) is 0 Å². The van der Waals surface area contributed by atoms with Gasteiger partial charge in [0.05, 0.1) is 0 Å². The fourth-order valence-electron chi connectivity index (χ4n) is 2.36. The number of nitrogens with two attached hydrogens (primary N) is 1. The van der Waals surface area contributed by atoms with Gasteiger partial charge in [-0.3, -0.25) is 4.90 Å². The number of nitrogens with zero attached hydrogens (tertiary/aromatic N) is 3. The summed E-state index contributed by atoms with van der Waals surface area (Å²) in [7, 11) is 2.17. The molecule has 0 radical (unpaired) electrons. The van der Waals surface area contributed by atoms with Crippen LogP contribution in [-0.4, -0.2) is 53.6 Å². The Kier molecular flexibility index (Phi) is 4.39. The molecule has 1 aromatic rings. The van der Waals surface area contributed by atoms with E-state index in [0.717, 1.165) is 31.7 Å². The first kappa shape index (κ1) is 13.8. The Morgan fingerprint density at radius 3 is 2.63 bits per heavy atom. The molecule has 0 saturated carbocycles. The molecule has 0 aromatic heterocycles. The fraction of sp³-hybridized carbons (Fsp3) is 0.500. The van der Waals surface area contributed by atoms with Gasteiger partial charge in [-0.05, 0) is 19.5 Å². The first-order valence-electron chi connectivity index (χ1n) is 6.59. The molecule has 1 atom stereocenters. The van der Waals surface area contributed by atoms with Crippen molar-refractivity contribution in [2.75, 3.05) is 26.7 Å². The number of likely N-dealkylation sites (N-methyl/N-ethyl adjacent to an activating group) is 1. The molecule has 5 nitrogen and oxygen atoms in total. The van der Waals surface area contributed by atoms with Crippen molar-refractivity contribution in [3.8, 4) is 0 Å². The van der Waals surface area contributed by atoms with Crippen LogP contribution in [0.2, 0.25) is 0 Å². The zero-order valence-corrected chi connectivity index (χ0v) is 11.6. The maximum absolute atomic E-state index is 8.62. The van der Waals surface area contributed by atoms with Crippen LogP contribution < -0.4 is 5.73 Å². The molecule has 1 fully saturated rings. The smallest absolute Gasteiger partial charge is 0.170 e. The van der Waals surface area contributed by atoms with E-state index in [0.29, 0.717) is 6.04 Å². The van der Waals surface area contributed by atoms with E-state index >= 15 is 0 Å². The minimum absolute atomic E-state index is 0.153. The molecule has 104 valence electrons. The largest absolute Gasteiger partial charge is 0.409 e. The summed E-state index contributed by atoms with van der Waals surface area (Å²) in [5, 5.41) is 11.6. The summed E-state index contributed by atoms with van der Waals surface area (Å²) >= 11 is 0. The molecule has 1 saturated heterocycles. The van der Waals surface area contributed by atoms with Crippen molar-refractivity contribution in [1.29, 1.82) is 0 Å². The summed E-state index contributed by atoms with van der Waals surface area (Å²) in [6.45, 7) is 6.52. The summed E-state index contributed by atoms with van der Waals surface area (Å²) in [6, 6.07) is 8.46. The number of hydrogen-bond donors (Lipinski definition) is 2. The third-order valence-corrected chi connectivity index (χ3v) is 3.81. The highest BCUT2D eigenvalue weighted by molar-refractivity contribution is 5.96. The van der Waals surface area contributed by atoms with Crippen LogP contribution in [-0.2, 0) is 6.54 Å². The Morgan fingerprint density at radius 1 is 1.37 bits per heavy atom. The lowest BCUT2D eigenvalue weighted by atomic mass is 10.1. The summed E-state index contributed by atoms with van der Waals surface area (Å²) in [6.07, 6.45) is 0. The van der Waals surface area contributed by atoms with Gasteiger partial charge in [0.1, 0.15) is 0 Å². The molecule has 3 N–H and O–H groups in total. The van der Waals surface area contributed by atoms with Gasteiger partial charge < -0.3 is 15.8 Å². The lowest BCUT2D eigenvalue weighted by Gasteiger charge is -2.37. The molecule has 1 aliphatic rings. The molecule has 0 amide bonds. The molecule has 1 aromatic carbocycles. The minimum Gasteiger partial charge on any atom is -0.409 e. The summed E-state index contributed by atoms with van der Waals surface area (Å²) in [5.41, 5.74) is 7.55. The van der Waals surface area contributed by atoms with E-state index in [2.05, 4.69) is 28.9 Å². The first-order chi connectivity index (χ1) is 9.10. The van der Waals surface area contributed by atoms with Crippen LogP contribution in [0.5, 0.6) is 0 Å². The van der Waals surface area contributed by atoms with Gasteiger partial charge in [0.25, 0.3) is 0 Å². The molecule has 1 aliphatic heterocycles. The fourth-order valence-corrected chi connectivity index (χ4v) is 2.36. The van der Waals surface area contributed by atoms with Gasteiger partial charge in [0.2, 0.25) is 0 Å². The number of rotatable bonds is 3. The molecular formula is C14H22N4O. The molecule has 0 spiro atoms. The molecule has 0 bridgehead atoms. The summed E-state index contributed by atoms with van der Waals surface area (Å²) < 4.78 is 0. The van der Waals surface area contributed by atoms with Crippen LogP contribution in [0.25, 0.3) is 0 Å². The molecule has 0 aliphatic carbocycles. The standard InChI is InChI=1S/C14H22N4O/c1-11-9-18(8-7-17(11)2)10-12-3-5-13(6-4-12)14(15)16-19/h3-6,11,19H,7-10H2,1-2H3,(H2,15,16). The minimum atomic E-state index is 0.153. The van der Waals surface area contributed by atoms with Gasteiger partial charge in [0, 0.05) is 37.8 Å². The van der Waals surface area contributed by atoms with Crippen LogP contribution in [0.1, 0.15) is 18.1 Å². The highest BCUT2D eigenvalue weighted by Crippen LogP contribution is 2.12. The monoisotopic (exact) mass is 262 g/mol. The second-order valence-electron chi connectivity index (χ2n) is 5.25. The van der Waals surface area contributed by atoms with Crippen LogP contribution in [0.3, 0.4) is 0 Å². The van der Waals surface area contributed by atoms with Gasteiger partial charge in [-0.15, -0.1) is 0 Å². The van der Waals surface area contributed by atoms with Crippen molar-refractivity contribution in [2.24, 2.45) is 10.9 Å². The highest BCUT2D eigenvalue weighted by Gasteiger charge is 2.20. The van der Waals surface area contributed by atoms with E-state index in [1.165, 1.54) is 5.56 Å². The Balaban J connectivity index is 1.96. The SMILES string of the molecule is CC1CN(Cc2ccc(C(N)=NO)cc2)CCN1C. The lowest BCUT2D eigenvalue weighted by Crippen LogP contribution is -2.49. The van der Waals surface area contributed by atoms with Gasteiger partial charge in [-0.1, -0.05) is 29.4 Å². The third kappa shape index (κ3) is 3.45. The van der Waals surface area contributed by atoms with Crippen molar-refractivity contribution in [2.45, 2.75) is 19.5 Å². The molecule has 2 rings (SSSR count). The number of amidine groups is 1. The molecule has 1 unspecified atom stereocenters. The quantitative estimate of drug-likeness (QED) is 0.368. The average Bonchev–Trinajstić information content (AvgIpc) is 2.43. The normalized spacial score (nSPS) is 22.6. The van der Waals surface area contributed by atoms with E-state index in [4.69, 9.17) is 10.9 Å². The van der Waals surface area contributed by atoms with E-state index < -0.39 is 0 Å². The highest BCUT2D eigenvalue weighted by atomic mass is 16.4. The average molecular weight is 262 g/mol. The van der Waals surface area contributed by atoms with Crippen LogP contribution >= 0.6 is 0 Å². The second-order valence-corrected chi connectivity index (χ2v) is 5.25. The zero-order valence-electron chi connectivity index (χ0n) is 11.6. The Labute approximate surface area is 114 Å². The van der Waals surface area contributed by atoms with Gasteiger partial charge in [-0.2, -0.15) is 0 Å². The Morgan fingerprint density at radius 2 is 2.05 bits per heavy atom. The molecule has 1 heterocycles. The number of hydrogen-bond acceptors (Lipinski definition) is 4.